The van der Waals surface area contributed by atoms with Gasteiger partial charge in [0.1, 0.15) is 11.9 Å². The molecule has 14 heteroatoms. The maximum Gasteiger partial charge on any atom is 0.460 e. The van der Waals surface area contributed by atoms with Crippen molar-refractivity contribution in [1.82, 2.24) is 0 Å². The van der Waals surface area contributed by atoms with Crippen molar-refractivity contribution in [3.05, 3.63) is 34.5 Å². The fourth-order valence-corrected chi connectivity index (χ4v) is 8.89. The third-order valence-corrected chi connectivity index (χ3v) is 11.6. The van der Waals surface area contributed by atoms with Gasteiger partial charge in [-0.1, -0.05) is 25.8 Å². The molecule has 1 aromatic carbocycles. The van der Waals surface area contributed by atoms with Gasteiger partial charge in [-0.05, 0) is 111 Å². The molecule has 2 saturated carbocycles. The lowest BCUT2D eigenvalue weighted by Gasteiger charge is -2.54. The summed E-state index contributed by atoms with van der Waals surface area (Å²) in [5, 5.41) is 33.8. The van der Waals surface area contributed by atoms with Crippen LogP contribution >= 0.6 is 0 Å². The molecule has 1 aromatic rings. The van der Waals surface area contributed by atoms with E-state index >= 15 is 4.39 Å². The van der Waals surface area contributed by atoms with Crippen molar-refractivity contribution in [2.45, 2.75) is 133 Å². The van der Waals surface area contributed by atoms with Gasteiger partial charge in [-0.2, -0.15) is 39.5 Å². The van der Waals surface area contributed by atoms with Crippen LogP contribution in [0.4, 0.5) is 43.9 Å². The topological polar surface area (TPSA) is 63.5 Å². The number of halogens is 10. The molecule has 2 fully saturated rings. The van der Waals surface area contributed by atoms with Gasteiger partial charge in [0.05, 0.1) is 26.2 Å². The van der Waals surface area contributed by atoms with E-state index in [2.05, 4.69) is 0 Å². The highest BCUT2D eigenvalue weighted by Crippen LogP contribution is 2.63. The molecule has 0 amide bonds. The molecule has 3 aliphatic rings. The number of rotatable bonds is 15. The third-order valence-electron chi connectivity index (χ3n) is 11.6. The number of benzene rings is 1. The van der Waals surface area contributed by atoms with Gasteiger partial charge in [-0.15, -0.1) is 0 Å². The van der Waals surface area contributed by atoms with Crippen LogP contribution in [-0.4, -0.2) is 71.2 Å². The number of phenolic OH excluding ortho intramolecular Hbond substituents is 1. The summed E-state index contributed by atoms with van der Waals surface area (Å²) >= 11 is 0. The molecule has 4 nitrogen and oxygen atoms in total. The van der Waals surface area contributed by atoms with E-state index in [0.29, 0.717) is 25.7 Å². The predicted molar refractivity (Wildman–Crippen MR) is 160 cm³/mol. The number of quaternary nitrogens is 1. The molecule has 4 rings (SSSR count). The van der Waals surface area contributed by atoms with Crippen molar-refractivity contribution in [3.63, 3.8) is 0 Å². The molecule has 0 bridgehead atoms. The number of hydrogen-bond donors (Lipinski definition) is 2. The van der Waals surface area contributed by atoms with Gasteiger partial charge in [0, 0.05) is 12.3 Å². The summed E-state index contributed by atoms with van der Waals surface area (Å²) in [4.78, 5) is 0. The van der Waals surface area contributed by atoms with E-state index in [1.165, 1.54) is 7.05 Å². The predicted octanol–water partition coefficient (Wildman–Crippen LogP) is 9.71. The molecule has 0 saturated heterocycles. The van der Waals surface area contributed by atoms with E-state index in [-0.39, 0.29) is 61.8 Å². The zero-order chi connectivity index (χ0) is 35.9. The molecule has 8 atom stereocenters. The highest BCUT2D eigenvalue weighted by molar-refractivity contribution is 5.41. The second-order valence-corrected chi connectivity index (χ2v) is 15.0. The van der Waals surface area contributed by atoms with Crippen molar-refractivity contribution in [2.24, 2.45) is 23.2 Å². The first kappa shape index (κ1) is 39.0. The Kier molecular flexibility index (Phi) is 11.4. The van der Waals surface area contributed by atoms with Gasteiger partial charge in [-0.25, -0.2) is 4.39 Å². The molecule has 3 aliphatic carbocycles. The monoisotopic (exact) mass is 707 g/mol. The average Bonchev–Trinajstić information content (AvgIpc) is 3.26. The number of fused-ring (bicyclic) bond motifs is 5. The van der Waals surface area contributed by atoms with Crippen LogP contribution in [0.15, 0.2) is 18.2 Å². The zero-order valence-electron chi connectivity index (χ0n) is 27.3. The fourth-order valence-electron chi connectivity index (χ4n) is 8.89. The Balaban J connectivity index is 1.22. The van der Waals surface area contributed by atoms with Crippen molar-refractivity contribution in [1.29, 1.82) is 0 Å². The van der Waals surface area contributed by atoms with E-state index in [1.54, 1.807) is 12.1 Å². The lowest BCUT2D eigenvalue weighted by molar-refractivity contribution is -0.861. The molecular formula is C34H47F10NO3. The van der Waals surface area contributed by atoms with Gasteiger partial charge >= 0.3 is 23.9 Å². The van der Waals surface area contributed by atoms with Crippen molar-refractivity contribution >= 4 is 0 Å². The second-order valence-electron chi connectivity index (χ2n) is 15.0. The summed E-state index contributed by atoms with van der Waals surface area (Å²) in [5.41, 5.74) is 1.41. The third kappa shape index (κ3) is 7.60. The van der Waals surface area contributed by atoms with Crippen LogP contribution in [0.1, 0.15) is 101 Å². The smallest absolute Gasteiger partial charge is 0.460 e. The van der Waals surface area contributed by atoms with Crippen molar-refractivity contribution in [2.75, 3.05) is 20.1 Å². The van der Waals surface area contributed by atoms with Crippen LogP contribution in [0.2, 0.25) is 0 Å². The number of hydrogen-bond acceptors (Lipinski definition) is 3. The Morgan fingerprint density at radius 1 is 0.875 bits per heavy atom. The van der Waals surface area contributed by atoms with Crippen LogP contribution in [0.5, 0.6) is 5.75 Å². The van der Waals surface area contributed by atoms with Crippen molar-refractivity contribution < 1.29 is 58.8 Å². The summed E-state index contributed by atoms with van der Waals surface area (Å²) in [6, 6.07) is 5.15. The lowest BCUT2D eigenvalue weighted by Crippen LogP contribution is -2.60. The summed E-state index contributed by atoms with van der Waals surface area (Å²) in [5.74, 6) is -18.8. The number of phenols is 1. The quantitative estimate of drug-likeness (QED) is 0.0826. The Morgan fingerprint density at radius 3 is 2.10 bits per heavy atom. The minimum absolute atomic E-state index is 0.0563. The van der Waals surface area contributed by atoms with Crippen LogP contribution in [-0.2, 0) is 6.42 Å². The average molecular weight is 708 g/mol. The summed E-state index contributed by atoms with van der Waals surface area (Å²) < 4.78 is 132. The van der Waals surface area contributed by atoms with Gasteiger partial charge in [0.25, 0.3) is 0 Å². The number of aliphatic hydroxyl groups excluding tert-OH is 1. The highest BCUT2D eigenvalue weighted by atomic mass is 19.4. The van der Waals surface area contributed by atoms with Crippen LogP contribution in [0.3, 0.4) is 0 Å². The van der Waals surface area contributed by atoms with Crippen molar-refractivity contribution in [3.8, 4) is 5.75 Å². The zero-order valence-corrected chi connectivity index (χ0v) is 27.3. The number of aromatic hydroxyl groups is 1. The number of nitrogens with zero attached hydrogens (tertiary/aromatic N) is 1. The van der Waals surface area contributed by atoms with Crippen LogP contribution in [0, 0.1) is 28.4 Å². The first-order valence-corrected chi connectivity index (χ1v) is 17.0. The molecule has 0 aliphatic heterocycles. The van der Waals surface area contributed by atoms with Gasteiger partial charge < -0.3 is 20.1 Å². The van der Waals surface area contributed by atoms with Gasteiger partial charge in [-0.3, -0.25) is 0 Å². The first-order chi connectivity index (χ1) is 22.1. The molecular weight excluding hydrogens is 660 g/mol. The summed E-state index contributed by atoms with van der Waals surface area (Å²) in [6.07, 6.45) is -5.44. The van der Waals surface area contributed by atoms with Crippen LogP contribution < -0.4 is 0 Å². The van der Waals surface area contributed by atoms with E-state index in [4.69, 9.17) is 0 Å². The lowest BCUT2D eigenvalue weighted by atomic mass is 9.51. The Hall–Kier alpha value is -1.80. The molecule has 8 unspecified atom stereocenters. The van der Waals surface area contributed by atoms with Gasteiger partial charge in [0.2, 0.25) is 0 Å². The van der Waals surface area contributed by atoms with Crippen LogP contribution in [0.25, 0.3) is 0 Å². The normalized spacial score (nSPS) is 30.8. The Morgan fingerprint density at radius 2 is 1.48 bits per heavy atom. The van der Waals surface area contributed by atoms with E-state index in [1.807, 2.05) is 13.0 Å². The standard InChI is InChI=1S/C34H47F10NO3/c1-30-20-26(35)29-24-12-11-23(46)19-22(24)18-21(28(29)25(30)13-14-27(30)47)10-6-5-9-17-45(2,48)16-8-4-3-7-15-31(36,37)32(38,39)33(40,41)34(42,43)44/h11-12,19,21,25-29,46-47H,3-10,13-18,20H2,1-2H3. The number of unbranched alkanes of at least 4 members (excludes halogenated alkanes) is 5. The first-order valence-electron chi connectivity index (χ1n) is 17.0. The number of hydroxylamine groups is 3. The van der Waals surface area contributed by atoms with E-state index < -0.39 is 59.1 Å². The second kappa shape index (κ2) is 14.1. The molecule has 0 heterocycles. The molecule has 2 N–H and O–H groups in total. The molecule has 276 valence electrons. The molecule has 0 radical (unpaired) electrons. The molecule has 0 spiro atoms. The minimum atomic E-state index is -6.88. The highest BCUT2D eigenvalue weighted by Gasteiger charge is 2.81. The largest absolute Gasteiger partial charge is 0.633 e. The van der Waals surface area contributed by atoms with E-state index in [9.17, 15) is 54.9 Å². The maximum atomic E-state index is 15.9. The SMILES string of the molecule is CC12CC(F)C3c4ccc(O)cc4CC(CCCCC[N+](C)([O-])CCCCCCC(F)(F)C(F)(F)C(F)(F)C(F)(F)F)C3C1CCC2O. The van der Waals surface area contributed by atoms with Gasteiger partial charge in [0.15, 0.2) is 0 Å². The summed E-state index contributed by atoms with van der Waals surface area (Å²) in [7, 11) is 1.44. The Labute approximate surface area is 275 Å². The minimum Gasteiger partial charge on any atom is -0.633 e. The molecule has 0 aromatic heterocycles. The number of alkyl halides is 10. The van der Waals surface area contributed by atoms with E-state index in [0.717, 1.165) is 36.8 Å². The Bertz CT molecular complexity index is 1240. The maximum absolute atomic E-state index is 15.9. The summed E-state index contributed by atoms with van der Waals surface area (Å²) in [6.45, 7) is 2.34. The molecule has 48 heavy (non-hydrogen) atoms. The number of aliphatic hydroxyl groups is 1. The fraction of sp³-hybridized carbons (Fsp3) is 0.824.